The first-order valence-electron chi connectivity index (χ1n) is 9.12. The van der Waals surface area contributed by atoms with Crippen molar-refractivity contribution in [2.75, 3.05) is 13.1 Å². The molecule has 0 bridgehead atoms. The van der Waals surface area contributed by atoms with Crippen LogP contribution in [0.4, 0.5) is 0 Å². The SMILES string of the molecule is CCc1ccc(CN2CCC(C(O)Cc3ccccc3)CC2)nc1. The van der Waals surface area contributed by atoms with Gasteiger partial charge in [-0.25, -0.2) is 0 Å². The predicted molar refractivity (Wildman–Crippen MR) is 97.8 cm³/mol. The third-order valence-electron chi connectivity index (χ3n) is 5.14. The summed E-state index contributed by atoms with van der Waals surface area (Å²) in [7, 11) is 0. The zero-order chi connectivity index (χ0) is 16.8. The molecule has 1 fully saturated rings. The van der Waals surface area contributed by atoms with Crippen LogP contribution in [0.5, 0.6) is 0 Å². The molecule has 0 radical (unpaired) electrons. The molecule has 2 heterocycles. The summed E-state index contributed by atoms with van der Waals surface area (Å²) in [4.78, 5) is 7.02. The monoisotopic (exact) mass is 324 g/mol. The number of nitrogens with zero attached hydrogens (tertiary/aromatic N) is 2. The molecule has 1 aromatic carbocycles. The molecule has 1 aromatic heterocycles. The minimum atomic E-state index is -0.225. The Hall–Kier alpha value is -1.71. The summed E-state index contributed by atoms with van der Waals surface area (Å²) >= 11 is 0. The van der Waals surface area contributed by atoms with Gasteiger partial charge in [-0.05, 0) is 61.9 Å². The van der Waals surface area contributed by atoms with Gasteiger partial charge in [-0.1, -0.05) is 43.3 Å². The van der Waals surface area contributed by atoms with Gasteiger partial charge in [-0.2, -0.15) is 0 Å². The molecule has 0 saturated carbocycles. The number of aliphatic hydroxyl groups excluding tert-OH is 1. The number of benzene rings is 1. The zero-order valence-corrected chi connectivity index (χ0v) is 14.6. The van der Waals surface area contributed by atoms with Crippen LogP contribution in [0, 0.1) is 5.92 Å². The number of hydrogen-bond donors (Lipinski definition) is 1. The van der Waals surface area contributed by atoms with Crippen molar-refractivity contribution < 1.29 is 5.11 Å². The van der Waals surface area contributed by atoms with E-state index in [1.165, 1.54) is 11.1 Å². The van der Waals surface area contributed by atoms with Gasteiger partial charge in [0.05, 0.1) is 11.8 Å². The Morgan fingerprint density at radius 3 is 2.46 bits per heavy atom. The standard InChI is InChI=1S/C21H28N2O/c1-2-17-8-9-20(22-15-17)16-23-12-10-19(11-13-23)21(24)14-18-6-4-3-5-7-18/h3-9,15,19,21,24H,2,10-14,16H2,1H3. The molecule has 0 aliphatic carbocycles. The number of aryl methyl sites for hydroxylation is 1. The highest BCUT2D eigenvalue weighted by Gasteiger charge is 2.25. The lowest BCUT2D eigenvalue weighted by Gasteiger charge is -2.34. The molecule has 1 atom stereocenters. The van der Waals surface area contributed by atoms with Crippen LogP contribution in [-0.2, 0) is 19.4 Å². The number of pyridine rings is 1. The van der Waals surface area contributed by atoms with E-state index < -0.39 is 0 Å². The molecule has 3 heteroatoms. The largest absolute Gasteiger partial charge is 0.392 e. The van der Waals surface area contributed by atoms with Crippen LogP contribution in [0.15, 0.2) is 48.7 Å². The normalized spacial score (nSPS) is 17.8. The molecule has 2 aromatic rings. The van der Waals surface area contributed by atoms with Crippen molar-refractivity contribution in [3.05, 3.63) is 65.5 Å². The van der Waals surface area contributed by atoms with E-state index in [0.29, 0.717) is 5.92 Å². The van der Waals surface area contributed by atoms with E-state index in [0.717, 1.165) is 51.0 Å². The van der Waals surface area contributed by atoms with Gasteiger partial charge in [0.15, 0.2) is 0 Å². The summed E-state index contributed by atoms with van der Waals surface area (Å²) in [6.45, 7) is 5.18. The molecule has 1 N–H and O–H groups in total. The molecule has 1 aliphatic heterocycles. The van der Waals surface area contributed by atoms with Gasteiger partial charge in [0.25, 0.3) is 0 Å². The molecule has 1 aliphatic rings. The van der Waals surface area contributed by atoms with Crippen molar-refractivity contribution in [3.63, 3.8) is 0 Å². The Labute approximate surface area is 145 Å². The summed E-state index contributed by atoms with van der Waals surface area (Å²) in [5, 5.41) is 10.5. The lowest BCUT2D eigenvalue weighted by molar-refractivity contribution is 0.0573. The molecule has 1 saturated heterocycles. The van der Waals surface area contributed by atoms with Crippen molar-refractivity contribution in [2.24, 2.45) is 5.92 Å². The van der Waals surface area contributed by atoms with Crippen molar-refractivity contribution in [3.8, 4) is 0 Å². The molecule has 0 spiro atoms. The maximum Gasteiger partial charge on any atom is 0.0609 e. The number of rotatable bonds is 6. The first-order valence-corrected chi connectivity index (χ1v) is 9.12. The first-order chi connectivity index (χ1) is 11.7. The summed E-state index contributed by atoms with van der Waals surface area (Å²) < 4.78 is 0. The van der Waals surface area contributed by atoms with E-state index >= 15 is 0 Å². The molecule has 3 nitrogen and oxygen atoms in total. The Balaban J connectivity index is 1.46. The van der Waals surface area contributed by atoms with Crippen molar-refractivity contribution >= 4 is 0 Å². The van der Waals surface area contributed by atoms with Gasteiger partial charge in [0, 0.05) is 12.7 Å². The number of hydrogen-bond acceptors (Lipinski definition) is 3. The van der Waals surface area contributed by atoms with Crippen LogP contribution in [-0.4, -0.2) is 34.2 Å². The molecule has 24 heavy (non-hydrogen) atoms. The van der Waals surface area contributed by atoms with Crippen LogP contribution in [0.3, 0.4) is 0 Å². The minimum Gasteiger partial charge on any atom is -0.392 e. The summed E-state index contributed by atoms with van der Waals surface area (Å²) in [5.74, 6) is 0.414. The molecule has 1 unspecified atom stereocenters. The van der Waals surface area contributed by atoms with Gasteiger partial charge >= 0.3 is 0 Å². The molecule has 3 rings (SSSR count). The van der Waals surface area contributed by atoms with Crippen LogP contribution >= 0.6 is 0 Å². The summed E-state index contributed by atoms with van der Waals surface area (Å²) in [6.07, 6.45) is 5.72. The van der Waals surface area contributed by atoms with Crippen molar-refractivity contribution in [1.29, 1.82) is 0 Å². The van der Waals surface area contributed by atoms with Crippen molar-refractivity contribution in [1.82, 2.24) is 9.88 Å². The highest BCUT2D eigenvalue weighted by Crippen LogP contribution is 2.24. The van der Waals surface area contributed by atoms with E-state index in [1.807, 2.05) is 24.4 Å². The quantitative estimate of drug-likeness (QED) is 0.884. The van der Waals surface area contributed by atoms with Gasteiger partial charge in [0.2, 0.25) is 0 Å². The van der Waals surface area contributed by atoms with Crippen LogP contribution in [0.2, 0.25) is 0 Å². The maximum absolute atomic E-state index is 10.5. The highest BCUT2D eigenvalue weighted by atomic mass is 16.3. The third-order valence-corrected chi connectivity index (χ3v) is 5.14. The fraction of sp³-hybridized carbons (Fsp3) is 0.476. The Morgan fingerprint density at radius 1 is 1.08 bits per heavy atom. The molecular formula is C21H28N2O. The minimum absolute atomic E-state index is 0.225. The second-order valence-corrected chi connectivity index (χ2v) is 6.88. The van der Waals surface area contributed by atoms with Crippen LogP contribution in [0.25, 0.3) is 0 Å². The average Bonchev–Trinajstić information content (AvgIpc) is 2.64. The number of likely N-dealkylation sites (tertiary alicyclic amines) is 1. The zero-order valence-electron chi connectivity index (χ0n) is 14.6. The van der Waals surface area contributed by atoms with E-state index in [9.17, 15) is 5.11 Å². The smallest absolute Gasteiger partial charge is 0.0609 e. The Kier molecular flexibility index (Phi) is 6.00. The van der Waals surface area contributed by atoms with Crippen molar-refractivity contribution in [2.45, 2.75) is 45.3 Å². The summed E-state index contributed by atoms with van der Waals surface area (Å²) in [6, 6.07) is 14.6. The highest BCUT2D eigenvalue weighted by molar-refractivity contribution is 5.16. The number of aliphatic hydroxyl groups is 1. The summed E-state index contributed by atoms with van der Waals surface area (Å²) in [5.41, 5.74) is 3.67. The van der Waals surface area contributed by atoms with E-state index in [1.54, 1.807) is 0 Å². The predicted octanol–water partition coefficient (Wildman–Crippen LogP) is 3.46. The van der Waals surface area contributed by atoms with Crippen LogP contribution < -0.4 is 0 Å². The lowest BCUT2D eigenvalue weighted by atomic mass is 9.88. The van der Waals surface area contributed by atoms with E-state index in [4.69, 9.17) is 0 Å². The third kappa shape index (κ3) is 4.65. The molecule has 0 amide bonds. The molecule has 128 valence electrons. The topological polar surface area (TPSA) is 36.4 Å². The van der Waals surface area contributed by atoms with Gasteiger partial charge in [0.1, 0.15) is 0 Å². The average molecular weight is 324 g/mol. The van der Waals surface area contributed by atoms with E-state index in [2.05, 4.69) is 41.1 Å². The van der Waals surface area contributed by atoms with E-state index in [-0.39, 0.29) is 6.10 Å². The first kappa shape index (κ1) is 17.1. The lowest BCUT2D eigenvalue weighted by Crippen LogP contribution is -2.38. The number of piperidine rings is 1. The number of aromatic nitrogens is 1. The fourth-order valence-electron chi connectivity index (χ4n) is 3.50. The van der Waals surface area contributed by atoms with Crippen LogP contribution in [0.1, 0.15) is 36.6 Å². The van der Waals surface area contributed by atoms with Gasteiger partial charge in [-0.3, -0.25) is 9.88 Å². The molecular weight excluding hydrogens is 296 g/mol. The maximum atomic E-state index is 10.5. The Bertz CT molecular complexity index is 603. The second-order valence-electron chi connectivity index (χ2n) is 6.88. The second kappa shape index (κ2) is 8.41. The Morgan fingerprint density at radius 2 is 1.83 bits per heavy atom. The fourth-order valence-corrected chi connectivity index (χ4v) is 3.50. The van der Waals surface area contributed by atoms with Gasteiger partial charge < -0.3 is 5.11 Å². The van der Waals surface area contributed by atoms with Gasteiger partial charge in [-0.15, -0.1) is 0 Å².